The van der Waals surface area contributed by atoms with Crippen LogP contribution in [0.3, 0.4) is 0 Å². The van der Waals surface area contributed by atoms with Crippen molar-refractivity contribution >= 4 is 11.9 Å². The zero-order valence-corrected chi connectivity index (χ0v) is 9.19. The van der Waals surface area contributed by atoms with Crippen LogP contribution in [0.1, 0.15) is 33.1 Å². The minimum Gasteiger partial charge on any atom is -0.481 e. The van der Waals surface area contributed by atoms with Crippen LogP contribution < -0.4 is 0 Å². The van der Waals surface area contributed by atoms with Gasteiger partial charge in [0.15, 0.2) is 0 Å². The summed E-state index contributed by atoms with van der Waals surface area (Å²) in [6, 6.07) is -0.0914. The first-order valence-electron chi connectivity index (χ1n) is 5.50. The maximum atomic E-state index is 11.7. The number of rotatable bonds is 1. The second kappa shape index (κ2) is 3.22. The first-order valence-corrected chi connectivity index (χ1v) is 5.50. The maximum absolute atomic E-state index is 11.7. The summed E-state index contributed by atoms with van der Waals surface area (Å²) >= 11 is 0. The van der Waals surface area contributed by atoms with E-state index in [0.29, 0.717) is 13.0 Å². The fourth-order valence-electron chi connectivity index (χ4n) is 2.94. The third kappa shape index (κ3) is 1.27. The largest absolute Gasteiger partial charge is 0.481 e. The molecule has 84 valence electrons. The minimum atomic E-state index is -0.766. The van der Waals surface area contributed by atoms with E-state index in [9.17, 15) is 14.7 Å². The molecule has 3 atom stereocenters. The number of piperidine rings is 1. The lowest BCUT2D eigenvalue weighted by atomic mass is 9.73. The third-order valence-electron chi connectivity index (χ3n) is 4.21. The van der Waals surface area contributed by atoms with Crippen LogP contribution in [0.15, 0.2) is 0 Å². The number of fused-ring (bicyclic) bond motifs is 1. The highest BCUT2D eigenvalue weighted by atomic mass is 16.4. The number of carbonyl (C=O) groups excluding carboxylic acids is 1. The molecule has 0 spiro atoms. The molecule has 2 fully saturated rings. The molecule has 0 aliphatic carbocycles. The molecule has 2 aliphatic rings. The molecule has 0 bridgehead atoms. The lowest BCUT2D eigenvalue weighted by molar-refractivity contribution is -0.153. The van der Waals surface area contributed by atoms with E-state index in [4.69, 9.17) is 0 Å². The fraction of sp³-hybridized carbons (Fsp3) is 0.818. The number of carboxylic acids is 1. The van der Waals surface area contributed by atoms with E-state index in [-0.39, 0.29) is 17.9 Å². The standard InChI is InChI=1S/C11H17NO3/c1-7-6-12-8(4-3-5-9(12)13)11(7,2)10(14)15/h7-8H,3-6H2,1-2H3,(H,14,15). The summed E-state index contributed by atoms with van der Waals surface area (Å²) in [6.07, 6.45) is 2.24. The van der Waals surface area contributed by atoms with Crippen LogP contribution in [0, 0.1) is 11.3 Å². The Hall–Kier alpha value is -1.06. The molecular weight excluding hydrogens is 194 g/mol. The Bertz CT molecular complexity index is 315. The Labute approximate surface area is 89.3 Å². The number of carboxylic acid groups (broad SMARTS) is 1. The zero-order chi connectivity index (χ0) is 11.2. The first kappa shape index (κ1) is 10.5. The number of aliphatic carboxylic acids is 1. The van der Waals surface area contributed by atoms with Crippen molar-refractivity contribution in [3.8, 4) is 0 Å². The fourth-order valence-corrected chi connectivity index (χ4v) is 2.94. The molecule has 1 amide bonds. The van der Waals surface area contributed by atoms with Gasteiger partial charge in [0.2, 0.25) is 5.91 Å². The SMILES string of the molecule is CC1CN2C(=O)CCCC2C1(C)C(=O)O. The molecule has 1 N–H and O–H groups in total. The normalized spacial score (nSPS) is 40.4. The van der Waals surface area contributed by atoms with Crippen LogP contribution in [0.2, 0.25) is 0 Å². The molecular formula is C11H17NO3. The average Bonchev–Trinajstić information content (AvgIpc) is 2.44. The van der Waals surface area contributed by atoms with Gasteiger partial charge in [-0.2, -0.15) is 0 Å². The van der Waals surface area contributed by atoms with Gasteiger partial charge in [-0.25, -0.2) is 0 Å². The summed E-state index contributed by atoms with van der Waals surface area (Å²) in [7, 11) is 0. The average molecular weight is 211 g/mol. The van der Waals surface area contributed by atoms with Crippen LogP contribution in [0.4, 0.5) is 0 Å². The van der Waals surface area contributed by atoms with Crippen molar-refractivity contribution in [3.63, 3.8) is 0 Å². The molecule has 2 heterocycles. The third-order valence-corrected chi connectivity index (χ3v) is 4.21. The number of carbonyl (C=O) groups is 2. The Balaban J connectivity index is 2.34. The zero-order valence-electron chi connectivity index (χ0n) is 9.19. The van der Waals surface area contributed by atoms with Gasteiger partial charge in [-0.1, -0.05) is 6.92 Å². The van der Waals surface area contributed by atoms with E-state index < -0.39 is 11.4 Å². The molecule has 2 aliphatic heterocycles. The predicted molar refractivity (Wildman–Crippen MR) is 54.3 cm³/mol. The minimum absolute atomic E-state index is 0.0436. The first-order chi connectivity index (χ1) is 6.98. The molecule has 15 heavy (non-hydrogen) atoms. The van der Waals surface area contributed by atoms with Crippen molar-refractivity contribution in [2.75, 3.05) is 6.54 Å². The topological polar surface area (TPSA) is 57.6 Å². The molecule has 0 aromatic rings. The van der Waals surface area contributed by atoms with Gasteiger partial charge < -0.3 is 10.0 Å². The van der Waals surface area contributed by atoms with Gasteiger partial charge in [0.25, 0.3) is 0 Å². The molecule has 2 rings (SSSR count). The number of nitrogens with zero attached hydrogens (tertiary/aromatic N) is 1. The predicted octanol–water partition coefficient (Wildman–Crippen LogP) is 1.11. The molecule has 4 nitrogen and oxygen atoms in total. The van der Waals surface area contributed by atoms with Crippen LogP contribution in [-0.2, 0) is 9.59 Å². The van der Waals surface area contributed by atoms with Crippen LogP contribution in [-0.4, -0.2) is 34.5 Å². The van der Waals surface area contributed by atoms with Gasteiger partial charge in [-0.15, -0.1) is 0 Å². The van der Waals surface area contributed by atoms with Crippen LogP contribution in [0.25, 0.3) is 0 Å². The molecule has 0 aromatic heterocycles. The van der Waals surface area contributed by atoms with Crippen molar-refractivity contribution in [2.24, 2.45) is 11.3 Å². The highest BCUT2D eigenvalue weighted by Gasteiger charge is 2.56. The summed E-state index contributed by atoms with van der Waals surface area (Å²) in [5, 5.41) is 9.33. The van der Waals surface area contributed by atoms with Crippen molar-refractivity contribution in [1.82, 2.24) is 4.90 Å². The molecule has 4 heteroatoms. The smallest absolute Gasteiger partial charge is 0.311 e. The van der Waals surface area contributed by atoms with E-state index in [0.717, 1.165) is 12.8 Å². The lowest BCUT2D eigenvalue weighted by Crippen LogP contribution is -2.48. The van der Waals surface area contributed by atoms with E-state index in [1.165, 1.54) is 0 Å². The number of amides is 1. The molecule has 0 aromatic carbocycles. The van der Waals surface area contributed by atoms with E-state index >= 15 is 0 Å². The summed E-state index contributed by atoms with van der Waals surface area (Å²) in [4.78, 5) is 24.8. The summed E-state index contributed by atoms with van der Waals surface area (Å²) in [5.41, 5.74) is -0.754. The van der Waals surface area contributed by atoms with Crippen molar-refractivity contribution < 1.29 is 14.7 Å². The second-order valence-corrected chi connectivity index (χ2v) is 4.94. The van der Waals surface area contributed by atoms with Gasteiger partial charge in [-0.3, -0.25) is 9.59 Å². The van der Waals surface area contributed by atoms with Gasteiger partial charge in [0.05, 0.1) is 5.41 Å². The van der Waals surface area contributed by atoms with E-state index in [2.05, 4.69) is 0 Å². The van der Waals surface area contributed by atoms with Crippen LogP contribution in [0.5, 0.6) is 0 Å². The van der Waals surface area contributed by atoms with E-state index in [1.807, 2.05) is 6.92 Å². The number of hydrogen-bond acceptors (Lipinski definition) is 2. The van der Waals surface area contributed by atoms with Gasteiger partial charge in [0.1, 0.15) is 0 Å². The Kier molecular flexibility index (Phi) is 2.24. The molecule has 3 unspecified atom stereocenters. The monoisotopic (exact) mass is 211 g/mol. The van der Waals surface area contributed by atoms with Gasteiger partial charge >= 0.3 is 5.97 Å². The molecule has 0 radical (unpaired) electrons. The lowest BCUT2D eigenvalue weighted by Gasteiger charge is -2.36. The van der Waals surface area contributed by atoms with Crippen molar-refractivity contribution in [1.29, 1.82) is 0 Å². The van der Waals surface area contributed by atoms with Crippen LogP contribution >= 0.6 is 0 Å². The Morgan fingerprint density at radius 3 is 2.87 bits per heavy atom. The van der Waals surface area contributed by atoms with Crippen molar-refractivity contribution in [2.45, 2.75) is 39.2 Å². The molecule has 0 saturated carbocycles. The Morgan fingerprint density at radius 2 is 2.27 bits per heavy atom. The maximum Gasteiger partial charge on any atom is 0.311 e. The second-order valence-electron chi connectivity index (χ2n) is 4.94. The van der Waals surface area contributed by atoms with Crippen molar-refractivity contribution in [3.05, 3.63) is 0 Å². The Morgan fingerprint density at radius 1 is 1.60 bits per heavy atom. The highest BCUT2D eigenvalue weighted by molar-refractivity contribution is 5.82. The number of hydrogen-bond donors (Lipinski definition) is 1. The van der Waals surface area contributed by atoms with Gasteiger partial charge in [-0.05, 0) is 25.7 Å². The van der Waals surface area contributed by atoms with Gasteiger partial charge in [0, 0.05) is 19.0 Å². The highest BCUT2D eigenvalue weighted by Crippen LogP contribution is 2.45. The quantitative estimate of drug-likeness (QED) is 0.706. The summed E-state index contributed by atoms with van der Waals surface area (Å²) in [6.45, 7) is 4.31. The summed E-state index contributed by atoms with van der Waals surface area (Å²) in [5.74, 6) is -0.595. The van der Waals surface area contributed by atoms with E-state index in [1.54, 1.807) is 11.8 Å². The molecule has 2 saturated heterocycles. The summed E-state index contributed by atoms with van der Waals surface area (Å²) < 4.78 is 0.